The smallest absolute Gasteiger partial charge is 0.339 e. The molecule has 1 saturated carbocycles. The summed E-state index contributed by atoms with van der Waals surface area (Å²) in [7, 11) is 1.45. The van der Waals surface area contributed by atoms with Crippen molar-refractivity contribution in [3.63, 3.8) is 0 Å². The highest BCUT2D eigenvalue weighted by molar-refractivity contribution is 6.31. The summed E-state index contributed by atoms with van der Waals surface area (Å²) in [5, 5.41) is 30.2. The Morgan fingerprint density at radius 1 is 0.852 bits per heavy atom. The normalized spacial score (nSPS) is 26.2. The number of amides is 2. The van der Waals surface area contributed by atoms with Crippen molar-refractivity contribution in [2.24, 2.45) is 29.6 Å². The van der Waals surface area contributed by atoms with Gasteiger partial charge in [-0.1, -0.05) is 90.5 Å². The van der Waals surface area contributed by atoms with Gasteiger partial charge in [-0.15, -0.1) is 0 Å². The van der Waals surface area contributed by atoms with Crippen molar-refractivity contribution < 1.29 is 44.0 Å². The first kappa shape index (κ1) is 34.5. The van der Waals surface area contributed by atoms with Gasteiger partial charge in [0.2, 0.25) is 11.8 Å². The Bertz CT molecular complexity index is 2340. The summed E-state index contributed by atoms with van der Waals surface area (Å²) in [6, 6.07) is 26.7. The van der Waals surface area contributed by atoms with E-state index in [2.05, 4.69) is 0 Å². The molecule has 1 aliphatic heterocycles. The summed E-state index contributed by atoms with van der Waals surface area (Å²) < 4.78 is 5.34. The number of ether oxygens (including phenoxy) is 1. The van der Waals surface area contributed by atoms with Gasteiger partial charge in [-0.3, -0.25) is 19.2 Å². The third-order valence-electron chi connectivity index (χ3n) is 11.6. The zero-order valence-corrected chi connectivity index (χ0v) is 29.1. The van der Waals surface area contributed by atoms with Crippen LogP contribution in [-0.4, -0.2) is 51.8 Å². The van der Waals surface area contributed by atoms with Crippen molar-refractivity contribution in [2.45, 2.75) is 18.3 Å². The fourth-order valence-electron chi connectivity index (χ4n) is 9.22. The number of carbonyl (C=O) groups is 5. The van der Waals surface area contributed by atoms with E-state index in [-0.39, 0.29) is 52.7 Å². The van der Waals surface area contributed by atoms with Crippen LogP contribution >= 0.6 is 0 Å². The lowest BCUT2D eigenvalue weighted by atomic mass is 9.45. The van der Waals surface area contributed by atoms with E-state index in [1.807, 2.05) is 54.6 Å². The van der Waals surface area contributed by atoms with Crippen LogP contribution in [0.5, 0.6) is 17.2 Å². The lowest BCUT2D eigenvalue weighted by molar-refractivity contribution is -0.135. The molecular weight excluding hydrogens is 686 g/mol. The Morgan fingerprint density at radius 3 is 2.26 bits per heavy atom. The third-order valence-corrected chi connectivity index (χ3v) is 11.6. The lowest BCUT2D eigenvalue weighted by Gasteiger charge is -2.54. The summed E-state index contributed by atoms with van der Waals surface area (Å²) in [6.07, 6.45) is 7.41. The van der Waals surface area contributed by atoms with E-state index >= 15 is 9.59 Å². The van der Waals surface area contributed by atoms with Crippen molar-refractivity contribution in [1.82, 2.24) is 0 Å². The number of allylic oxidation sites excluding steroid dienone is 5. The molecule has 0 radical (unpaired) electrons. The maximum atomic E-state index is 15.1. The topological polar surface area (TPSA) is 159 Å². The second kappa shape index (κ2) is 13.1. The number of anilines is 1. The number of aromatic carboxylic acids is 1. The van der Waals surface area contributed by atoms with Gasteiger partial charge in [0.25, 0.3) is 0 Å². The first-order chi connectivity index (χ1) is 26.1. The van der Waals surface area contributed by atoms with Crippen LogP contribution in [0.1, 0.15) is 39.9 Å². The van der Waals surface area contributed by atoms with Crippen LogP contribution in [0.15, 0.2) is 121 Å². The first-order valence-corrected chi connectivity index (χ1v) is 17.7. The third kappa shape index (κ3) is 5.20. The number of Topliss-reactive ketones (excluding diaryl/α,β-unsaturated/α-hetero) is 1. The van der Waals surface area contributed by atoms with Crippen molar-refractivity contribution in [2.75, 3.05) is 12.0 Å². The SMILES string of the molecule is COc1cc(C=CC2C3=CCC4C(=O)N(c5ccc(C(=O)O)c(O)c5)C(=O)C4C3CC3C(=O)C(c4ccccc4)=CC(=O)C23c2ccccc2)ccc1O. The molecular formula is C44H35NO9. The molecule has 6 atom stereocenters. The van der Waals surface area contributed by atoms with Crippen molar-refractivity contribution in [3.05, 3.63) is 143 Å². The molecule has 3 N–H and O–H groups in total. The molecule has 2 amide bonds. The van der Waals surface area contributed by atoms with E-state index < -0.39 is 58.5 Å². The highest BCUT2D eigenvalue weighted by atomic mass is 16.5. The summed E-state index contributed by atoms with van der Waals surface area (Å²) >= 11 is 0. The molecule has 2 fully saturated rings. The van der Waals surface area contributed by atoms with Gasteiger partial charge < -0.3 is 20.1 Å². The number of aromatic hydroxyl groups is 2. The molecule has 10 heteroatoms. The maximum Gasteiger partial charge on any atom is 0.339 e. The molecule has 4 aromatic rings. The molecule has 270 valence electrons. The quantitative estimate of drug-likeness (QED) is 0.146. The number of carbonyl (C=O) groups excluding carboxylic acids is 4. The predicted molar refractivity (Wildman–Crippen MR) is 199 cm³/mol. The fraction of sp³-hybridized carbons (Fsp3) is 0.205. The number of nitrogens with zero attached hydrogens (tertiary/aromatic N) is 1. The number of imide groups is 1. The second-order valence-corrected chi connectivity index (χ2v) is 14.1. The predicted octanol–water partition coefficient (Wildman–Crippen LogP) is 6.38. The summed E-state index contributed by atoms with van der Waals surface area (Å²) in [5.74, 6) is -7.14. The number of carboxylic acid groups (broad SMARTS) is 1. The highest BCUT2D eigenvalue weighted by Crippen LogP contribution is 2.61. The second-order valence-electron chi connectivity index (χ2n) is 14.1. The Hall–Kier alpha value is -6.55. The zero-order valence-electron chi connectivity index (χ0n) is 29.1. The van der Waals surface area contributed by atoms with Gasteiger partial charge >= 0.3 is 5.97 Å². The van der Waals surface area contributed by atoms with Gasteiger partial charge in [0.1, 0.15) is 11.3 Å². The summed E-state index contributed by atoms with van der Waals surface area (Å²) in [6.45, 7) is 0. The molecule has 3 aliphatic carbocycles. The Morgan fingerprint density at radius 2 is 1.57 bits per heavy atom. The van der Waals surface area contributed by atoms with Gasteiger partial charge in [-0.2, -0.15) is 0 Å². The van der Waals surface area contributed by atoms with Gasteiger partial charge in [-0.25, -0.2) is 9.69 Å². The van der Waals surface area contributed by atoms with Crippen LogP contribution in [-0.2, 0) is 24.6 Å². The lowest BCUT2D eigenvalue weighted by Crippen LogP contribution is -2.59. The molecule has 4 aliphatic rings. The van der Waals surface area contributed by atoms with Crippen LogP contribution in [0.2, 0.25) is 0 Å². The number of phenols is 2. The van der Waals surface area contributed by atoms with E-state index in [0.717, 1.165) is 22.6 Å². The number of benzene rings is 4. The maximum absolute atomic E-state index is 15.1. The van der Waals surface area contributed by atoms with E-state index in [1.54, 1.807) is 36.4 Å². The van der Waals surface area contributed by atoms with Crippen LogP contribution in [0.25, 0.3) is 11.6 Å². The van der Waals surface area contributed by atoms with E-state index in [0.29, 0.717) is 16.7 Å². The first-order valence-electron chi connectivity index (χ1n) is 17.7. The number of phenolic OH excluding ortho intramolecular Hbond substituents is 1. The molecule has 1 heterocycles. The number of methoxy groups -OCH3 is 1. The van der Waals surface area contributed by atoms with Crippen molar-refractivity contribution >= 4 is 46.7 Å². The minimum absolute atomic E-state index is 0.0410. The molecule has 0 aromatic heterocycles. The van der Waals surface area contributed by atoms with Crippen LogP contribution in [0.4, 0.5) is 5.69 Å². The number of ketones is 2. The largest absolute Gasteiger partial charge is 0.507 e. The fourth-order valence-corrected chi connectivity index (χ4v) is 9.22. The summed E-state index contributed by atoms with van der Waals surface area (Å²) in [4.78, 5) is 71.2. The monoisotopic (exact) mass is 721 g/mol. The van der Waals surface area contributed by atoms with Gasteiger partial charge in [-0.05, 0) is 65.8 Å². The Balaban J connectivity index is 1.31. The minimum atomic E-state index is -1.40. The minimum Gasteiger partial charge on any atom is -0.507 e. The van der Waals surface area contributed by atoms with Crippen LogP contribution < -0.4 is 9.64 Å². The summed E-state index contributed by atoms with van der Waals surface area (Å²) in [5.41, 5.74) is 1.26. The average Bonchev–Trinajstić information content (AvgIpc) is 3.44. The molecule has 10 nitrogen and oxygen atoms in total. The Labute approximate surface area is 310 Å². The highest BCUT2D eigenvalue weighted by Gasteiger charge is 2.65. The molecule has 6 unspecified atom stereocenters. The standard InChI is InChI=1S/C44H35NO9/c1-54-37-20-24(13-19-35(37)46)12-18-33-28-16-17-30-39(42(51)45(41(30)50)27-14-15-29(43(52)53)36(47)21-27)32(28)22-34-40(49)31(25-8-4-2-5-9-25)23-38(48)44(33,34)26-10-6-3-7-11-26/h2-16,18-21,23,30,32-34,39,46-47H,17,22H2,1H3,(H,52,53). The molecule has 8 rings (SSSR count). The van der Waals surface area contributed by atoms with Crippen molar-refractivity contribution in [1.29, 1.82) is 0 Å². The van der Waals surface area contributed by atoms with Crippen LogP contribution in [0, 0.1) is 29.6 Å². The van der Waals surface area contributed by atoms with Gasteiger partial charge in [0, 0.05) is 23.5 Å². The van der Waals surface area contributed by atoms with Crippen LogP contribution in [0.3, 0.4) is 0 Å². The number of carboxylic acids is 1. The number of rotatable bonds is 7. The molecule has 4 aromatic carbocycles. The molecule has 1 saturated heterocycles. The number of hydrogen-bond donors (Lipinski definition) is 3. The number of hydrogen-bond acceptors (Lipinski definition) is 8. The van der Waals surface area contributed by atoms with Gasteiger partial charge in [0.15, 0.2) is 23.1 Å². The molecule has 0 bridgehead atoms. The van der Waals surface area contributed by atoms with E-state index in [1.165, 1.54) is 25.3 Å². The zero-order chi connectivity index (χ0) is 37.9. The van der Waals surface area contributed by atoms with E-state index in [9.17, 15) is 29.7 Å². The molecule has 0 spiro atoms. The average molecular weight is 722 g/mol. The van der Waals surface area contributed by atoms with Gasteiger partial charge in [0.05, 0.1) is 30.0 Å². The van der Waals surface area contributed by atoms with E-state index in [4.69, 9.17) is 4.74 Å². The number of fused-ring (bicyclic) bond motifs is 4. The van der Waals surface area contributed by atoms with Crippen molar-refractivity contribution in [3.8, 4) is 17.2 Å². The molecule has 54 heavy (non-hydrogen) atoms. The Kier molecular flexibility index (Phi) is 8.40.